The Morgan fingerprint density at radius 3 is 2.30 bits per heavy atom. The lowest BCUT2D eigenvalue weighted by Gasteiger charge is -2.29. The maximum Gasteiger partial charge on any atom is 0.234 e. The summed E-state index contributed by atoms with van der Waals surface area (Å²) in [4.78, 5) is 16.9. The number of hydrogen-bond donors (Lipinski definition) is 1. The Bertz CT molecular complexity index is 309. The summed E-state index contributed by atoms with van der Waals surface area (Å²) in [5.74, 6) is 0.158. The first kappa shape index (κ1) is 17.4. The summed E-state index contributed by atoms with van der Waals surface area (Å²) in [6.07, 6.45) is 1.15. The molecule has 0 aliphatic carbocycles. The van der Waals surface area contributed by atoms with Crippen LogP contribution in [0.2, 0.25) is 0 Å². The highest BCUT2D eigenvalue weighted by atomic mass is 16.2. The van der Waals surface area contributed by atoms with Gasteiger partial charge in [-0.3, -0.25) is 14.6 Å². The molecule has 0 aromatic rings. The van der Waals surface area contributed by atoms with Gasteiger partial charge >= 0.3 is 0 Å². The minimum atomic E-state index is 0.114. The van der Waals surface area contributed by atoms with Crippen LogP contribution in [0.5, 0.6) is 0 Å². The maximum absolute atomic E-state index is 12.1. The zero-order valence-corrected chi connectivity index (χ0v) is 14.2. The van der Waals surface area contributed by atoms with E-state index in [-0.39, 0.29) is 17.4 Å². The molecule has 1 saturated heterocycles. The Labute approximate surface area is 124 Å². The number of hydrogen-bond acceptors (Lipinski definition) is 3. The molecule has 118 valence electrons. The van der Waals surface area contributed by atoms with Crippen LogP contribution < -0.4 is 5.32 Å². The number of carbonyl (C=O) groups excluding carboxylic acids is 1. The van der Waals surface area contributed by atoms with Crippen LogP contribution in [0.4, 0.5) is 0 Å². The van der Waals surface area contributed by atoms with Crippen LogP contribution in [-0.4, -0.2) is 60.5 Å². The summed E-state index contributed by atoms with van der Waals surface area (Å²) < 4.78 is 0. The fourth-order valence-corrected chi connectivity index (χ4v) is 2.37. The van der Waals surface area contributed by atoms with Crippen molar-refractivity contribution in [1.82, 2.24) is 15.1 Å². The average Bonchev–Trinajstić information content (AvgIpc) is 2.53. The molecule has 1 rings (SSSR count). The van der Waals surface area contributed by atoms with Crippen molar-refractivity contribution in [2.24, 2.45) is 5.41 Å². The molecule has 0 aromatic heterocycles. The molecule has 0 saturated carbocycles. The average molecular weight is 283 g/mol. The van der Waals surface area contributed by atoms with Crippen LogP contribution >= 0.6 is 0 Å². The summed E-state index contributed by atoms with van der Waals surface area (Å²) in [6, 6.07) is 0.804. The third-order valence-electron chi connectivity index (χ3n) is 4.40. The predicted octanol–water partition coefficient (Wildman–Crippen LogP) is 1.95. The van der Waals surface area contributed by atoms with Crippen molar-refractivity contribution in [3.05, 3.63) is 0 Å². The van der Waals surface area contributed by atoms with E-state index in [1.807, 2.05) is 0 Å². The Balaban J connectivity index is 2.39. The Kier molecular flexibility index (Phi) is 6.46. The second-order valence-corrected chi connectivity index (χ2v) is 7.41. The van der Waals surface area contributed by atoms with Crippen molar-refractivity contribution in [2.45, 2.75) is 60.0 Å². The van der Waals surface area contributed by atoms with Crippen molar-refractivity contribution in [3.8, 4) is 0 Å². The minimum Gasteiger partial charge on any atom is -0.352 e. The zero-order valence-electron chi connectivity index (χ0n) is 14.2. The molecule has 1 fully saturated rings. The smallest absolute Gasteiger partial charge is 0.234 e. The molecule has 1 heterocycles. The molecule has 4 nitrogen and oxygen atoms in total. The highest BCUT2D eigenvalue weighted by Gasteiger charge is 2.23. The number of rotatable bonds is 4. The van der Waals surface area contributed by atoms with Crippen molar-refractivity contribution >= 4 is 5.91 Å². The van der Waals surface area contributed by atoms with Gasteiger partial charge in [0.15, 0.2) is 0 Å². The molecule has 1 atom stereocenters. The Morgan fingerprint density at radius 2 is 1.75 bits per heavy atom. The Hall–Kier alpha value is -0.610. The van der Waals surface area contributed by atoms with Gasteiger partial charge in [-0.2, -0.15) is 0 Å². The van der Waals surface area contributed by atoms with Crippen molar-refractivity contribution in [2.75, 3.05) is 32.7 Å². The number of nitrogens with one attached hydrogen (secondary N) is 1. The number of carbonyl (C=O) groups is 1. The van der Waals surface area contributed by atoms with E-state index in [2.05, 4.69) is 56.7 Å². The lowest BCUT2D eigenvalue weighted by molar-refractivity contribution is -0.123. The molecule has 1 aliphatic rings. The second kappa shape index (κ2) is 7.41. The second-order valence-electron chi connectivity index (χ2n) is 7.41. The summed E-state index contributed by atoms with van der Waals surface area (Å²) in [7, 11) is 0. The third-order valence-corrected chi connectivity index (χ3v) is 4.40. The monoisotopic (exact) mass is 283 g/mol. The topological polar surface area (TPSA) is 35.6 Å². The fourth-order valence-electron chi connectivity index (χ4n) is 2.37. The van der Waals surface area contributed by atoms with E-state index < -0.39 is 0 Å². The van der Waals surface area contributed by atoms with E-state index in [9.17, 15) is 4.79 Å². The molecule has 1 aliphatic heterocycles. The predicted molar refractivity (Wildman–Crippen MR) is 84.8 cm³/mol. The molecule has 0 bridgehead atoms. The molecule has 20 heavy (non-hydrogen) atoms. The molecule has 1 N–H and O–H groups in total. The first-order valence-electron chi connectivity index (χ1n) is 7.96. The molecule has 4 heteroatoms. The summed E-state index contributed by atoms with van der Waals surface area (Å²) in [5, 5.41) is 3.13. The molecular weight excluding hydrogens is 250 g/mol. The summed E-state index contributed by atoms with van der Waals surface area (Å²) >= 11 is 0. The van der Waals surface area contributed by atoms with E-state index in [0.717, 1.165) is 32.6 Å². The molecule has 1 amide bonds. The molecule has 0 aromatic carbocycles. The van der Waals surface area contributed by atoms with Crippen molar-refractivity contribution in [3.63, 3.8) is 0 Å². The van der Waals surface area contributed by atoms with Gasteiger partial charge < -0.3 is 5.32 Å². The van der Waals surface area contributed by atoms with Crippen LogP contribution in [0.1, 0.15) is 48.0 Å². The summed E-state index contributed by atoms with van der Waals surface area (Å²) in [5.41, 5.74) is 0.114. The van der Waals surface area contributed by atoms with Gasteiger partial charge in [-0.1, -0.05) is 20.8 Å². The van der Waals surface area contributed by atoms with Gasteiger partial charge in [-0.25, -0.2) is 0 Å². The van der Waals surface area contributed by atoms with E-state index in [4.69, 9.17) is 0 Å². The van der Waals surface area contributed by atoms with Gasteiger partial charge in [0.25, 0.3) is 0 Å². The fraction of sp³-hybridized carbons (Fsp3) is 0.938. The third kappa shape index (κ3) is 5.80. The van der Waals surface area contributed by atoms with E-state index in [0.29, 0.717) is 12.6 Å². The largest absolute Gasteiger partial charge is 0.352 e. The normalized spacial score (nSPS) is 20.8. The van der Waals surface area contributed by atoms with Crippen LogP contribution in [0, 0.1) is 5.41 Å². The lowest BCUT2D eigenvalue weighted by atomic mass is 9.88. The highest BCUT2D eigenvalue weighted by Crippen LogP contribution is 2.18. The van der Waals surface area contributed by atoms with Crippen LogP contribution in [0.3, 0.4) is 0 Å². The number of nitrogens with zero attached hydrogens (tertiary/aromatic N) is 2. The van der Waals surface area contributed by atoms with Crippen molar-refractivity contribution in [1.29, 1.82) is 0 Å². The first-order chi connectivity index (χ1) is 9.20. The van der Waals surface area contributed by atoms with Gasteiger partial charge in [0, 0.05) is 25.2 Å². The van der Waals surface area contributed by atoms with Crippen molar-refractivity contribution < 1.29 is 4.79 Å². The van der Waals surface area contributed by atoms with Gasteiger partial charge in [-0.15, -0.1) is 0 Å². The zero-order chi connectivity index (χ0) is 15.3. The maximum atomic E-state index is 12.1. The van der Waals surface area contributed by atoms with Gasteiger partial charge in [-0.05, 0) is 45.7 Å². The van der Waals surface area contributed by atoms with Gasteiger partial charge in [0.1, 0.15) is 0 Å². The van der Waals surface area contributed by atoms with E-state index in [1.54, 1.807) is 0 Å². The van der Waals surface area contributed by atoms with Crippen LogP contribution in [0.15, 0.2) is 0 Å². The molecular formula is C16H33N3O. The van der Waals surface area contributed by atoms with Gasteiger partial charge in [0.2, 0.25) is 5.91 Å². The highest BCUT2D eigenvalue weighted by molar-refractivity contribution is 5.78. The minimum absolute atomic E-state index is 0.114. The molecule has 0 unspecified atom stereocenters. The quantitative estimate of drug-likeness (QED) is 0.856. The first-order valence-corrected chi connectivity index (χ1v) is 7.96. The number of amides is 1. The Morgan fingerprint density at radius 1 is 1.10 bits per heavy atom. The molecule has 0 radical (unpaired) electrons. The van der Waals surface area contributed by atoms with Crippen LogP contribution in [-0.2, 0) is 4.79 Å². The standard InChI is InChI=1S/C16H33N3O/c1-13(2)19-9-7-8-18(10-11-19)12-15(20)17-14(3)16(4,5)6/h13-14H,7-12H2,1-6H3,(H,17,20)/t14-/m1/s1. The molecule has 0 spiro atoms. The summed E-state index contributed by atoms with van der Waals surface area (Å²) in [6.45, 7) is 17.8. The van der Waals surface area contributed by atoms with Gasteiger partial charge in [0.05, 0.1) is 6.54 Å². The lowest BCUT2D eigenvalue weighted by Crippen LogP contribution is -2.46. The SMILES string of the molecule is CC(C)N1CCCN(CC(=O)N[C@H](C)C(C)(C)C)CC1. The van der Waals surface area contributed by atoms with Crippen LogP contribution in [0.25, 0.3) is 0 Å². The van der Waals surface area contributed by atoms with E-state index in [1.165, 1.54) is 0 Å². The van der Waals surface area contributed by atoms with E-state index >= 15 is 0 Å².